The van der Waals surface area contributed by atoms with Crippen LogP contribution in [-0.4, -0.2) is 44.1 Å². The van der Waals surface area contributed by atoms with Crippen LogP contribution in [0, 0.1) is 0 Å². The maximum Gasteiger partial charge on any atom is 0.191 e. The molecule has 1 rings (SSSR count). The van der Waals surface area contributed by atoms with Crippen molar-refractivity contribution in [1.29, 1.82) is 0 Å². The van der Waals surface area contributed by atoms with E-state index < -0.39 is 0 Å². The van der Waals surface area contributed by atoms with Crippen LogP contribution in [0.3, 0.4) is 0 Å². The zero-order valence-corrected chi connectivity index (χ0v) is 13.2. The fourth-order valence-corrected chi connectivity index (χ4v) is 1.89. The number of rotatable bonds is 7. The first-order valence-electron chi connectivity index (χ1n) is 7.36. The minimum absolute atomic E-state index is 0.440. The van der Waals surface area contributed by atoms with E-state index in [0.29, 0.717) is 6.04 Å². The third-order valence-corrected chi connectivity index (χ3v) is 3.36. The Morgan fingerprint density at radius 1 is 1.25 bits per heavy atom. The molecular formula is C16H28N4. The second kappa shape index (κ2) is 9.37. The number of benzene rings is 1. The number of hydrogen-bond donors (Lipinski definition) is 2. The first-order valence-corrected chi connectivity index (χ1v) is 7.36. The largest absolute Gasteiger partial charge is 0.356 e. The van der Waals surface area contributed by atoms with Gasteiger partial charge in [-0.05, 0) is 26.0 Å². The first kappa shape index (κ1) is 16.5. The molecule has 0 aliphatic rings. The first-order chi connectivity index (χ1) is 9.67. The normalized spacial score (nSPS) is 13.3. The van der Waals surface area contributed by atoms with Gasteiger partial charge in [0, 0.05) is 32.7 Å². The summed E-state index contributed by atoms with van der Waals surface area (Å²) in [7, 11) is 3.96. The standard InChI is InChI=1S/C16H28N4/c1-5-11-18-16(17-3)19-12-14(2)20(4)13-15-9-7-6-8-10-15/h6-10,14H,5,11-13H2,1-4H3,(H2,17,18,19). The van der Waals surface area contributed by atoms with Crippen molar-refractivity contribution in [2.75, 3.05) is 27.2 Å². The van der Waals surface area contributed by atoms with Crippen molar-refractivity contribution < 1.29 is 0 Å². The SMILES string of the molecule is CCCNC(=NC)NCC(C)N(C)Cc1ccccc1. The van der Waals surface area contributed by atoms with Crippen molar-refractivity contribution in [3.8, 4) is 0 Å². The van der Waals surface area contributed by atoms with Gasteiger partial charge in [-0.15, -0.1) is 0 Å². The number of nitrogens with one attached hydrogen (secondary N) is 2. The van der Waals surface area contributed by atoms with E-state index in [-0.39, 0.29) is 0 Å². The summed E-state index contributed by atoms with van der Waals surface area (Å²) in [5, 5.41) is 6.65. The third-order valence-electron chi connectivity index (χ3n) is 3.36. The van der Waals surface area contributed by atoms with E-state index in [1.165, 1.54) is 5.56 Å². The van der Waals surface area contributed by atoms with E-state index in [2.05, 4.69) is 71.8 Å². The molecule has 0 saturated carbocycles. The van der Waals surface area contributed by atoms with Crippen LogP contribution in [0.1, 0.15) is 25.8 Å². The zero-order valence-electron chi connectivity index (χ0n) is 13.2. The predicted molar refractivity (Wildman–Crippen MR) is 87.0 cm³/mol. The van der Waals surface area contributed by atoms with Crippen LogP contribution in [0.15, 0.2) is 35.3 Å². The fraction of sp³-hybridized carbons (Fsp3) is 0.562. The lowest BCUT2D eigenvalue weighted by Gasteiger charge is -2.25. The Kier molecular flexibility index (Phi) is 7.73. The van der Waals surface area contributed by atoms with E-state index in [4.69, 9.17) is 0 Å². The van der Waals surface area contributed by atoms with Gasteiger partial charge in [0.25, 0.3) is 0 Å². The molecule has 0 saturated heterocycles. The smallest absolute Gasteiger partial charge is 0.191 e. The molecule has 1 atom stereocenters. The van der Waals surface area contributed by atoms with Crippen molar-refractivity contribution in [3.63, 3.8) is 0 Å². The summed E-state index contributed by atoms with van der Waals surface area (Å²) in [5.74, 6) is 0.881. The predicted octanol–water partition coefficient (Wildman–Crippen LogP) is 2.08. The van der Waals surface area contributed by atoms with E-state index in [9.17, 15) is 0 Å². The molecule has 112 valence electrons. The van der Waals surface area contributed by atoms with E-state index in [0.717, 1.165) is 32.0 Å². The monoisotopic (exact) mass is 276 g/mol. The van der Waals surface area contributed by atoms with Gasteiger partial charge in [0.15, 0.2) is 5.96 Å². The van der Waals surface area contributed by atoms with Crippen LogP contribution < -0.4 is 10.6 Å². The summed E-state index contributed by atoms with van der Waals surface area (Å²) >= 11 is 0. The Bertz CT molecular complexity index is 389. The maximum atomic E-state index is 4.22. The Hall–Kier alpha value is -1.55. The molecule has 0 aliphatic carbocycles. The fourth-order valence-electron chi connectivity index (χ4n) is 1.89. The van der Waals surface area contributed by atoms with Gasteiger partial charge in [-0.3, -0.25) is 9.89 Å². The van der Waals surface area contributed by atoms with Crippen molar-refractivity contribution in [1.82, 2.24) is 15.5 Å². The van der Waals surface area contributed by atoms with Crippen molar-refractivity contribution in [3.05, 3.63) is 35.9 Å². The molecule has 1 aromatic carbocycles. The molecule has 0 fully saturated rings. The van der Waals surface area contributed by atoms with Crippen molar-refractivity contribution >= 4 is 5.96 Å². The average molecular weight is 276 g/mol. The lowest BCUT2D eigenvalue weighted by atomic mass is 10.2. The summed E-state index contributed by atoms with van der Waals surface area (Å²) in [6.45, 7) is 7.17. The van der Waals surface area contributed by atoms with Gasteiger partial charge in [0.1, 0.15) is 0 Å². The number of likely N-dealkylation sites (N-methyl/N-ethyl adjacent to an activating group) is 1. The highest BCUT2D eigenvalue weighted by atomic mass is 15.2. The lowest BCUT2D eigenvalue weighted by molar-refractivity contribution is 0.249. The van der Waals surface area contributed by atoms with Gasteiger partial charge < -0.3 is 10.6 Å². The maximum absolute atomic E-state index is 4.22. The zero-order chi connectivity index (χ0) is 14.8. The van der Waals surface area contributed by atoms with Gasteiger partial charge in [-0.2, -0.15) is 0 Å². The highest BCUT2D eigenvalue weighted by Crippen LogP contribution is 2.05. The third kappa shape index (κ3) is 6.06. The van der Waals surface area contributed by atoms with Crippen LogP contribution >= 0.6 is 0 Å². The summed E-state index contributed by atoms with van der Waals surface area (Å²) in [4.78, 5) is 6.56. The molecule has 0 bridgehead atoms. The van der Waals surface area contributed by atoms with Gasteiger partial charge in [0.05, 0.1) is 0 Å². The average Bonchev–Trinajstić information content (AvgIpc) is 2.48. The molecular weight excluding hydrogens is 248 g/mol. The Labute approximate surface area is 123 Å². The van der Waals surface area contributed by atoms with E-state index in [1.54, 1.807) is 0 Å². The van der Waals surface area contributed by atoms with Crippen LogP contribution in [-0.2, 0) is 6.54 Å². The highest BCUT2D eigenvalue weighted by Gasteiger charge is 2.10. The van der Waals surface area contributed by atoms with Crippen molar-refractivity contribution in [2.45, 2.75) is 32.9 Å². The summed E-state index contributed by atoms with van der Waals surface area (Å²) in [6, 6.07) is 11.0. The Balaban J connectivity index is 2.36. The number of guanidine groups is 1. The van der Waals surface area contributed by atoms with E-state index in [1.807, 2.05) is 7.05 Å². The molecule has 0 aliphatic heterocycles. The topological polar surface area (TPSA) is 39.7 Å². The quantitative estimate of drug-likeness (QED) is 0.592. The molecule has 0 radical (unpaired) electrons. The number of hydrogen-bond acceptors (Lipinski definition) is 2. The molecule has 0 heterocycles. The number of nitrogens with zero attached hydrogens (tertiary/aromatic N) is 2. The molecule has 4 nitrogen and oxygen atoms in total. The Morgan fingerprint density at radius 3 is 2.55 bits per heavy atom. The second-order valence-electron chi connectivity index (χ2n) is 5.13. The van der Waals surface area contributed by atoms with Gasteiger partial charge in [-0.25, -0.2) is 0 Å². The molecule has 0 aromatic heterocycles. The summed E-state index contributed by atoms with van der Waals surface area (Å²) in [5.41, 5.74) is 1.34. The number of aliphatic imine (C=N–C) groups is 1. The molecule has 0 amide bonds. The van der Waals surface area contributed by atoms with Crippen molar-refractivity contribution in [2.24, 2.45) is 4.99 Å². The van der Waals surface area contributed by atoms with Gasteiger partial charge in [-0.1, -0.05) is 37.3 Å². The molecule has 20 heavy (non-hydrogen) atoms. The Morgan fingerprint density at radius 2 is 1.95 bits per heavy atom. The minimum Gasteiger partial charge on any atom is -0.356 e. The summed E-state index contributed by atoms with van der Waals surface area (Å²) in [6.07, 6.45) is 1.10. The minimum atomic E-state index is 0.440. The lowest BCUT2D eigenvalue weighted by Crippen LogP contribution is -2.44. The molecule has 1 aromatic rings. The van der Waals surface area contributed by atoms with Crippen LogP contribution in [0.2, 0.25) is 0 Å². The molecule has 4 heteroatoms. The van der Waals surface area contributed by atoms with Gasteiger partial charge in [0.2, 0.25) is 0 Å². The van der Waals surface area contributed by atoms with Gasteiger partial charge >= 0.3 is 0 Å². The molecule has 2 N–H and O–H groups in total. The molecule has 0 spiro atoms. The van der Waals surface area contributed by atoms with Crippen LogP contribution in [0.5, 0.6) is 0 Å². The summed E-state index contributed by atoms with van der Waals surface area (Å²) < 4.78 is 0. The highest BCUT2D eigenvalue weighted by molar-refractivity contribution is 5.79. The second-order valence-corrected chi connectivity index (χ2v) is 5.13. The van der Waals surface area contributed by atoms with Crippen LogP contribution in [0.25, 0.3) is 0 Å². The van der Waals surface area contributed by atoms with Crippen LogP contribution in [0.4, 0.5) is 0 Å². The molecule has 1 unspecified atom stereocenters. The van der Waals surface area contributed by atoms with E-state index >= 15 is 0 Å².